The summed E-state index contributed by atoms with van der Waals surface area (Å²) in [4.78, 5) is 38.9. The SMILES string of the molecule is COc1cc(C(=O)NNC(=O)c2cccnc2)c([N+](=O)[O-])c(OC)c1OC. The third-order valence-electron chi connectivity index (χ3n) is 3.44. The minimum absolute atomic E-state index is 0.0392. The number of pyridine rings is 1. The zero-order chi connectivity index (χ0) is 20.0. The Labute approximate surface area is 153 Å². The van der Waals surface area contributed by atoms with Gasteiger partial charge in [0.2, 0.25) is 11.5 Å². The third-order valence-corrected chi connectivity index (χ3v) is 3.44. The van der Waals surface area contributed by atoms with Crippen molar-refractivity contribution in [3.05, 3.63) is 51.8 Å². The van der Waals surface area contributed by atoms with Crippen molar-refractivity contribution in [2.75, 3.05) is 21.3 Å². The summed E-state index contributed by atoms with van der Waals surface area (Å²) >= 11 is 0. The van der Waals surface area contributed by atoms with Crippen LogP contribution in [0.4, 0.5) is 5.69 Å². The van der Waals surface area contributed by atoms with Crippen molar-refractivity contribution in [2.24, 2.45) is 0 Å². The minimum atomic E-state index is -0.946. The van der Waals surface area contributed by atoms with Crippen LogP contribution in [0.3, 0.4) is 0 Å². The Morgan fingerprint density at radius 2 is 1.74 bits per heavy atom. The van der Waals surface area contributed by atoms with Gasteiger partial charge in [-0.15, -0.1) is 0 Å². The van der Waals surface area contributed by atoms with Crippen LogP contribution in [0.15, 0.2) is 30.6 Å². The number of methoxy groups -OCH3 is 3. The number of benzene rings is 1. The van der Waals surface area contributed by atoms with Crippen LogP contribution in [0.1, 0.15) is 20.7 Å². The van der Waals surface area contributed by atoms with Crippen molar-refractivity contribution in [3.63, 3.8) is 0 Å². The third kappa shape index (κ3) is 4.03. The quantitative estimate of drug-likeness (QED) is 0.563. The lowest BCUT2D eigenvalue weighted by Gasteiger charge is -2.15. The molecule has 2 aromatic rings. The first-order chi connectivity index (χ1) is 12.9. The van der Waals surface area contributed by atoms with E-state index in [2.05, 4.69) is 15.8 Å². The van der Waals surface area contributed by atoms with Gasteiger partial charge < -0.3 is 14.2 Å². The molecule has 11 heteroatoms. The Hall–Kier alpha value is -3.89. The lowest BCUT2D eigenvalue weighted by Crippen LogP contribution is -2.41. The molecule has 1 aromatic carbocycles. The predicted molar refractivity (Wildman–Crippen MR) is 91.9 cm³/mol. The summed E-state index contributed by atoms with van der Waals surface area (Å²) in [5.74, 6) is -1.87. The molecule has 0 atom stereocenters. The maximum atomic E-state index is 12.4. The van der Waals surface area contributed by atoms with Gasteiger partial charge in [-0.3, -0.25) is 35.5 Å². The van der Waals surface area contributed by atoms with Crippen LogP contribution in [-0.2, 0) is 0 Å². The largest absolute Gasteiger partial charge is 0.493 e. The van der Waals surface area contributed by atoms with Gasteiger partial charge in [-0.2, -0.15) is 0 Å². The van der Waals surface area contributed by atoms with E-state index in [0.717, 1.165) is 6.07 Å². The normalized spacial score (nSPS) is 9.89. The molecule has 1 aromatic heterocycles. The molecule has 1 heterocycles. The monoisotopic (exact) mass is 376 g/mol. The Morgan fingerprint density at radius 1 is 1.07 bits per heavy atom. The lowest BCUT2D eigenvalue weighted by molar-refractivity contribution is -0.386. The zero-order valence-electron chi connectivity index (χ0n) is 14.6. The topological polar surface area (TPSA) is 142 Å². The van der Waals surface area contributed by atoms with Gasteiger partial charge in [0.25, 0.3) is 11.8 Å². The molecule has 0 aliphatic rings. The van der Waals surface area contributed by atoms with Crippen molar-refractivity contribution >= 4 is 17.5 Å². The zero-order valence-corrected chi connectivity index (χ0v) is 14.6. The molecule has 0 spiro atoms. The van der Waals surface area contributed by atoms with Crippen LogP contribution < -0.4 is 25.1 Å². The minimum Gasteiger partial charge on any atom is -0.493 e. The Balaban J connectivity index is 2.37. The maximum absolute atomic E-state index is 12.4. The number of carbonyl (C=O) groups excluding carboxylic acids is 2. The summed E-state index contributed by atoms with van der Waals surface area (Å²) in [6.45, 7) is 0. The molecule has 2 rings (SSSR count). The summed E-state index contributed by atoms with van der Waals surface area (Å²) in [6, 6.07) is 4.14. The van der Waals surface area contributed by atoms with Crippen LogP contribution in [-0.4, -0.2) is 43.1 Å². The number of hydrogen-bond acceptors (Lipinski definition) is 8. The molecule has 142 valence electrons. The smallest absolute Gasteiger partial charge is 0.327 e. The summed E-state index contributed by atoms with van der Waals surface area (Å²) < 4.78 is 15.2. The van der Waals surface area contributed by atoms with E-state index in [4.69, 9.17) is 14.2 Å². The molecule has 0 saturated carbocycles. The average molecular weight is 376 g/mol. The van der Waals surface area contributed by atoms with Crippen LogP contribution in [0.5, 0.6) is 17.2 Å². The first-order valence-corrected chi connectivity index (χ1v) is 7.42. The molecular formula is C16H16N4O7. The van der Waals surface area contributed by atoms with Crippen LogP contribution >= 0.6 is 0 Å². The van der Waals surface area contributed by atoms with E-state index in [9.17, 15) is 19.7 Å². The number of carbonyl (C=O) groups is 2. The molecule has 0 saturated heterocycles. The average Bonchev–Trinajstić information content (AvgIpc) is 2.70. The number of ether oxygens (including phenoxy) is 3. The Bertz CT molecular complexity index is 871. The van der Waals surface area contributed by atoms with E-state index in [-0.39, 0.29) is 28.4 Å². The summed E-state index contributed by atoms with van der Waals surface area (Å²) in [7, 11) is 3.77. The van der Waals surface area contributed by atoms with Gasteiger partial charge >= 0.3 is 5.69 Å². The second-order valence-corrected chi connectivity index (χ2v) is 4.95. The van der Waals surface area contributed by atoms with Gasteiger partial charge in [-0.05, 0) is 12.1 Å². The number of rotatable bonds is 6. The number of amides is 2. The molecule has 0 bridgehead atoms. The first kappa shape index (κ1) is 19.4. The number of aromatic nitrogens is 1. The van der Waals surface area contributed by atoms with Crippen molar-refractivity contribution in [1.29, 1.82) is 0 Å². The van der Waals surface area contributed by atoms with Crippen LogP contribution in [0, 0.1) is 10.1 Å². The van der Waals surface area contributed by atoms with Gasteiger partial charge in [0.1, 0.15) is 5.56 Å². The number of nitrogens with zero attached hydrogens (tertiary/aromatic N) is 2. The molecule has 2 amide bonds. The fourth-order valence-electron chi connectivity index (χ4n) is 2.25. The molecule has 0 aliphatic carbocycles. The van der Waals surface area contributed by atoms with Gasteiger partial charge in [0.05, 0.1) is 31.8 Å². The van der Waals surface area contributed by atoms with Crippen molar-refractivity contribution < 1.29 is 28.7 Å². The van der Waals surface area contributed by atoms with E-state index >= 15 is 0 Å². The molecular weight excluding hydrogens is 360 g/mol. The Morgan fingerprint density at radius 3 is 2.26 bits per heavy atom. The van der Waals surface area contributed by atoms with Gasteiger partial charge in [0, 0.05) is 18.5 Å². The van der Waals surface area contributed by atoms with E-state index < -0.39 is 22.4 Å². The lowest BCUT2D eigenvalue weighted by atomic mass is 10.1. The van der Waals surface area contributed by atoms with E-state index in [1.807, 2.05) is 0 Å². The van der Waals surface area contributed by atoms with Gasteiger partial charge in [-0.25, -0.2) is 0 Å². The van der Waals surface area contributed by atoms with E-state index in [1.165, 1.54) is 39.8 Å². The molecule has 11 nitrogen and oxygen atoms in total. The van der Waals surface area contributed by atoms with Crippen molar-refractivity contribution in [2.45, 2.75) is 0 Å². The maximum Gasteiger partial charge on any atom is 0.327 e. The van der Waals surface area contributed by atoms with Crippen molar-refractivity contribution in [3.8, 4) is 17.2 Å². The molecule has 27 heavy (non-hydrogen) atoms. The number of hydrazine groups is 1. The summed E-state index contributed by atoms with van der Waals surface area (Å²) in [5, 5.41) is 11.5. The first-order valence-electron chi connectivity index (χ1n) is 7.42. The number of nitro benzene ring substituents is 1. The highest BCUT2D eigenvalue weighted by Crippen LogP contribution is 2.46. The standard InChI is InChI=1S/C16H16N4O7/c1-25-11-7-10(12(20(23)24)14(27-3)13(11)26-2)16(22)19-18-15(21)9-5-4-6-17-8-9/h4-8H,1-3H3,(H,18,21)(H,19,22). The van der Waals surface area contributed by atoms with Gasteiger partial charge in [-0.1, -0.05) is 0 Å². The van der Waals surface area contributed by atoms with E-state index in [0.29, 0.717) is 0 Å². The predicted octanol–water partition coefficient (Wildman–Crippen LogP) is 1.09. The summed E-state index contributed by atoms with van der Waals surface area (Å²) in [6.07, 6.45) is 2.78. The fraction of sp³-hybridized carbons (Fsp3) is 0.188. The Kier molecular flexibility index (Phi) is 6.10. The molecule has 2 N–H and O–H groups in total. The number of hydrogen-bond donors (Lipinski definition) is 2. The molecule has 0 fully saturated rings. The molecule has 0 unspecified atom stereocenters. The van der Waals surface area contributed by atoms with Gasteiger partial charge in [0.15, 0.2) is 5.75 Å². The van der Waals surface area contributed by atoms with Crippen molar-refractivity contribution in [1.82, 2.24) is 15.8 Å². The molecule has 0 aliphatic heterocycles. The molecule has 0 radical (unpaired) electrons. The highest BCUT2D eigenvalue weighted by molar-refractivity contribution is 6.02. The highest BCUT2D eigenvalue weighted by atomic mass is 16.6. The number of nitrogens with one attached hydrogen (secondary N) is 2. The van der Waals surface area contributed by atoms with Crippen LogP contribution in [0.2, 0.25) is 0 Å². The number of nitro groups is 1. The highest BCUT2D eigenvalue weighted by Gasteiger charge is 2.32. The second-order valence-electron chi connectivity index (χ2n) is 4.95. The van der Waals surface area contributed by atoms with E-state index in [1.54, 1.807) is 6.07 Å². The van der Waals surface area contributed by atoms with Crippen LogP contribution in [0.25, 0.3) is 0 Å². The fourth-order valence-corrected chi connectivity index (χ4v) is 2.25. The second kappa shape index (κ2) is 8.47. The summed E-state index contributed by atoms with van der Waals surface area (Å²) in [5.41, 5.74) is 3.43.